The van der Waals surface area contributed by atoms with Crippen LogP contribution in [0.15, 0.2) is 30.3 Å². The number of ether oxygens (including phenoxy) is 1. The molecule has 0 unspecified atom stereocenters. The molecule has 8 heteroatoms. The first-order chi connectivity index (χ1) is 16.4. The van der Waals surface area contributed by atoms with Crippen molar-refractivity contribution in [1.29, 1.82) is 0 Å². The van der Waals surface area contributed by atoms with Crippen LogP contribution in [0.5, 0.6) is 0 Å². The van der Waals surface area contributed by atoms with Gasteiger partial charge in [-0.3, -0.25) is 9.78 Å². The molecule has 3 aromatic heterocycles. The van der Waals surface area contributed by atoms with Gasteiger partial charge >= 0.3 is 0 Å². The van der Waals surface area contributed by atoms with Gasteiger partial charge in [-0.25, -0.2) is 9.97 Å². The van der Waals surface area contributed by atoms with Gasteiger partial charge in [-0.15, -0.1) is 11.3 Å². The number of amides is 1. The Hall–Kier alpha value is -3.10. The molecule has 34 heavy (non-hydrogen) atoms. The lowest BCUT2D eigenvalue weighted by molar-refractivity contribution is 0.0949. The van der Waals surface area contributed by atoms with Crippen LogP contribution in [0.2, 0.25) is 0 Å². The predicted molar refractivity (Wildman–Crippen MR) is 141 cm³/mol. The Labute approximate surface area is 205 Å². The normalized spacial score (nSPS) is 14.7. The Kier molecular flexibility index (Phi) is 8.52. The number of methoxy groups -OCH3 is 1. The highest BCUT2D eigenvalue weighted by molar-refractivity contribution is 7.21. The minimum atomic E-state index is 0.0110. The summed E-state index contributed by atoms with van der Waals surface area (Å²) in [5.74, 6) is 0.766. The molecule has 1 aromatic carbocycles. The molecule has 0 radical (unpaired) electrons. The molecule has 0 saturated heterocycles. The fraction of sp³-hybridized carbons (Fsp3) is 0.385. The zero-order valence-electron chi connectivity index (χ0n) is 20.9. The SMILES string of the molecule is CC.COCc1nc(C)cc(C)n1.Cc1ccc2c(ccc3sc4c(c32)NC[C@@H](C)NC4=O)n1. The number of hydrogen-bond acceptors (Lipinski definition) is 7. The largest absolute Gasteiger partial charge is 0.381 e. The molecule has 4 aromatic rings. The Balaban J connectivity index is 0.000000212. The van der Waals surface area contributed by atoms with Crippen LogP contribution in [-0.4, -0.2) is 40.6 Å². The summed E-state index contributed by atoms with van der Waals surface area (Å²) >= 11 is 1.54. The number of hydrogen-bond donors (Lipinski definition) is 2. The molecule has 7 nitrogen and oxygen atoms in total. The third-order valence-corrected chi connectivity index (χ3v) is 6.29. The molecule has 0 fully saturated rings. The number of thiophene rings is 1. The van der Waals surface area contributed by atoms with E-state index in [1.54, 1.807) is 7.11 Å². The molecular formula is C26H33N5O2S. The maximum absolute atomic E-state index is 12.3. The van der Waals surface area contributed by atoms with Crippen molar-refractivity contribution in [2.45, 2.75) is 54.2 Å². The van der Waals surface area contributed by atoms with Gasteiger partial charge in [0.1, 0.15) is 11.5 Å². The van der Waals surface area contributed by atoms with E-state index in [0.717, 1.165) is 61.0 Å². The zero-order chi connectivity index (χ0) is 24.8. The van der Waals surface area contributed by atoms with E-state index in [4.69, 9.17) is 4.74 Å². The van der Waals surface area contributed by atoms with Crippen molar-refractivity contribution >= 4 is 43.9 Å². The topological polar surface area (TPSA) is 89.0 Å². The molecule has 1 aliphatic rings. The van der Waals surface area contributed by atoms with Crippen molar-refractivity contribution in [3.63, 3.8) is 0 Å². The summed E-state index contributed by atoms with van der Waals surface area (Å²) in [6.45, 7) is 13.1. The van der Waals surface area contributed by atoms with Gasteiger partial charge in [0.15, 0.2) is 5.82 Å². The van der Waals surface area contributed by atoms with Crippen molar-refractivity contribution < 1.29 is 9.53 Å². The summed E-state index contributed by atoms with van der Waals surface area (Å²) in [5.41, 5.74) is 4.91. The second kappa shape index (κ2) is 11.4. The zero-order valence-corrected chi connectivity index (χ0v) is 21.8. The minimum Gasteiger partial charge on any atom is -0.381 e. The summed E-state index contributed by atoms with van der Waals surface area (Å²) in [6, 6.07) is 10.3. The summed E-state index contributed by atoms with van der Waals surface area (Å²) in [5, 5.41) is 8.66. The van der Waals surface area contributed by atoms with Gasteiger partial charge in [0.25, 0.3) is 5.91 Å². The number of anilines is 1. The van der Waals surface area contributed by atoms with Gasteiger partial charge in [-0.2, -0.15) is 0 Å². The van der Waals surface area contributed by atoms with E-state index >= 15 is 0 Å². The Bertz CT molecular complexity index is 1280. The van der Waals surface area contributed by atoms with Crippen LogP contribution >= 0.6 is 11.3 Å². The molecule has 0 spiro atoms. The average molecular weight is 480 g/mol. The number of nitrogens with zero attached hydrogens (tertiary/aromatic N) is 3. The Morgan fingerprint density at radius 1 is 1.03 bits per heavy atom. The van der Waals surface area contributed by atoms with Crippen LogP contribution in [0.3, 0.4) is 0 Å². The van der Waals surface area contributed by atoms with E-state index in [0.29, 0.717) is 6.61 Å². The average Bonchev–Trinajstić information content (AvgIpc) is 3.11. The highest BCUT2D eigenvalue weighted by atomic mass is 32.1. The molecule has 1 atom stereocenters. The van der Waals surface area contributed by atoms with Gasteiger partial charge in [-0.05, 0) is 52.0 Å². The van der Waals surface area contributed by atoms with E-state index in [1.807, 2.05) is 59.7 Å². The summed E-state index contributed by atoms with van der Waals surface area (Å²) in [6.07, 6.45) is 0. The number of rotatable bonds is 2. The molecule has 2 N–H and O–H groups in total. The lowest BCUT2D eigenvalue weighted by atomic mass is 10.1. The van der Waals surface area contributed by atoms with Gasteiger partial charge in [-0.1, -0.05) is 19.9 Å². The first-order valence-corrected chi connectivity index (χ1v) is 12.3. The molecule has 4 heterocycles. The van der Waals surface area contributed by atoms with Crippen LogP contribution in [0.1, 0.15) is 53.3 Å². The highest BCUT2D eigenvalue weighted by Crippen LogP contribution is 2.40. The fourth-order valence-corrected chi connectivity index (χ4v) is 4.92. The van der Waals surface area contributed by atoms with Crippen LogP contribution in [0.4, 0.5) is 5.69 Å². The minimum absolute atomic E-state index is 0.0110. The monoisotopic (exact) mass is 479 g/mol. The van der Waals surface area contributed by atoms with Crippen molar-refractivity contribution in [3.05, 3.63) is 58.1 Å². The van der Waals surface area contributed by atoms with Crippen molar-refractivity contribution in [2.24, 2.45) is 0 Å². The number of carbonyl (C=O) groups is 1. The first-order valence-electron chi connectivity index (χ1n) is 11.5. The molecule has 5 rings (SSSR count). The number of carbonyl (C=O) groups excluding carboxylic acids is 1. The maximum Gasteiger partial charge on any atom is 0.263 e. The lowest BCUT2D eigenvalue weighted by Crippen LogP contribution is -2.34. The maximum atomic E-state index is 12.3. The van der Waals surface area contributed by atoms with Gasteiger partial charge in [0, 0.05) is 52.3 Å². The van der Waals surface area contributed by atoms with Crippen LogP contribution in [0.25, 0.3) is 21.0 Å². The third-order valence-electron chi connectivity index (χ3n) is 5.13. The fourth-order valence-electron chi connectivity index (χ4n) is 3.82. The number of benzene rings is 1. The highest BCUT2D eigenvalue weighted by Gasteiger charge is 2.24. The molecule has 1 aliphatic heterocycles. The van der Waals surface area contributed by atoms with Crippen LogP contribution < -0.4 is 10.6 Å². The second-order valence-corrected chi connectivity index (χ2v) is 9.07. The second-order valence-electron chi connectivity index (χ2n) is 8.02. The Morgan fingerprint density at radius 3 is 2.41 bits per heavy atom. The number of aryl methyl sites for hydroxylation is 3. The van der Waals surface area contributed by atoms with E-state index in [1.165, 1.54) is 11.3 Å². The summed E-state index contributed by atoms with van der Waals surface area (Å²) in [7, 11) is 1.64. The van der Waals surface area contributed by atoms with Gasteiger partial charge < -0.3 is 15.4 Å². The van der Waals surface area contributed by atoms with Crippen molar-refractivity contribution in [3.8, 4) is 0 Å². The lowest BCUT2D eigenvalue weighted by Gasteiger charge is -2.10. The van der Waals surface area contributed by atoms with E-state index in [9.17, 15) is 4.79 Å². The number of aromatic nitrogens is 3. The molecule has 0 aliphatic carbocycles. The van der Waals surface area contributed by atoms with E-state index in [-0.39, 0.29) is 11.9 Å². The summed E-state index contributed by atoms with van der Waals surface area (Å²) < 4.78 is 6.03. The number of pyridine rings is 1. The molecular weight excluding hydrogens is 446 g/mol. The van der Waals surface area contributed by atoms with Crippen LogP contribution in [0, 0.1) is 20.8 Å². The number of nitrogens with one attached hydrogen (secondary N) is 2. The van der Waals surface area contributed by atoms with E-state index < -0.39 is 0 Å². The van der Waals surface area contributed by atoms with Gasteiger partial charge in [0.2, 0.25) is 0 Å². The summed E-state index contributed by atoms with van der Waals surface area (Å²) in [4.78, 5) is 26.0. The molecule has 0 saturated carbocycles. The standard InChI is InChI=1S/C16H15N3OS.C8H12N2O.C2H6/c1-8-3-4-10-11(18-8)5-6-12-13(10)14-15(21-12)16(20)19-9(2)7-17-14;1-6-4-7(2)10-8(9-6)5-11-3;1-2/h3-6,9,17H,7H2,1-2H3,(H,19,20);4H,5H2,1-3H3;1-2H3/t9-;;/m1../s1. The predicted octanol–water partition coefficient (Wildman–Crippen LogP) is 5.57. The first kappa shape index (κ1) is 25.5. The smallest absolute Gasteiger partial charge is 0.263 e. The molecule has 0 bridgehead atoms. The van der Waals surface area contributed by atoms with Crippen molar-refractivity contribution in [2.75, 3.05) is 19.0 Å². The Morgan fingerprint density at radius 2 is 1.74 bits per heavy atom. The van der Waals surface area contributed by atoms with Crippen LogP contribution in [-0.2, 0) is 11.3 Å². The molecule has 1 amide bonds. The quantitative estimate of drug-likeness (QED) is 0.391. The number of fused-ring (bicyclic) bond motifs is 5. The van der Waals surface area contributed by atoms with E-state index in [2.05, 4.69) is 37.7 Å². The third kappa shape index (κ3) is 5.69. The van der Waals surface area contributed by atoms with Gasteiger partial charge in [0.05, 0.1) is 11.2 Å². The van der Waals surface area contributed by atoms with Crippen molar-refractivity contribution in [1.82, 2.24) is 20.3 Å². The molecule has 180 valence electrons.